The van der Waals surface area contributed by atoms with E-state index in [0.717, 1.165) is 45.3 Å². The van der Waals surface area contributed by atoms with Crippen molar-refractivity contribution in [3.05, 3.63) is 16.1 Å². The normalized spacial score (nSPS) is 26.5. The molecule has 2 amide bonds. The summed E-state index contributed by atoms with van der Waals surface area (Å²) in [7, 11) is 0. The second-order valence-corrected chi connectivity index (χ2v) is 10.8. The minimum Gasteiger partial charge on any atom is -0.370 e. The van der Waals surface area contributed by atoms with E-state index in [-0.39, 0.29) is 35.9 Å². The molecule has 0 N–H and O–H groups in total. The first-order chi connectivity index (χ1) is 13.8. The van der Waals surface area contributed by atoms with Crippen LogP contribution in [0.4, 0.5) is 4.79 Å². The smallest absolute Gasteiger partial charge is 0.320 e. The monoisotopic (exact) mass is 419 g/mol. The van der Waals surface area contributed by atoms with Crippen LogP contribution in [0.15, 0.2) is 5.38 Å². The van der Waals surface area contributed by atoms with Crippen molar-refractivity contribution in [3.63, 3.8) is 0 Å². The predicted molar refractivity (Wildman–Crippen MR) is 113 cm³/mol. The molecule has 160 valence electrons. The van der Waals surface area contributed by atoms with Crippen LogP contribution in [0.25, 0.3) is 0 Å². The summed E-state index contributed by atoms with van der Waals surface area (Å²) in [6.07, 6.45) is 4.66. The fraction of sp³-hybridized carbons (Fsp3) is 0.773. The van der Waals surface area contributed by atoms with Crippen molar-refractivity contribution in [2.75, 3.05) is 32.8 Å². The van der Waals surface area contributed by atoms with Crippen molar-refractivity contribution in [2.24, 2.45) is 11.8 Å². The topological polar surface area (TPSA) is 62.7 Å². The number of carbonyl (C=O) groups excluding carboxylic acids is 2. The van der Waals surface area contributed by atoms with Gasteiger partial charge in [-0.1, -0.05) is 20.8 Å². The van der Waals surface area contributed by atoms with Gasteiger partial charge in [0.1, 0.15) is 6.61 Å². The largest absolute Gasteiger partial charge is 0.370 e. The summed E-state index contributed by atoms with van der Waals surface area (Å²) in [5.74, 6) is 0.944. The van der Waals surface area contributed by atoms with Crippen molar-refractivity contribution in [2.45, 2.75) is 64.4 Å². The predicted octanol–water partition coefficient (Wildman–Crippen LogP) is 3.50. The summed E-state index contributed by atoms with van der Waals surface area (Å²) in [6.45, 7) is 9.89. The molecule has 3 aliphatic rings. The molecule has 2 atom stereocenters. The Hall–Kier alpha value is -1.47. The Kier molecular flexibility index (Phi) is 5.98. The zero-order valence-corrected chi connectivity index (χ0v) is 18.7. The minimum absolute atomic E-state index is 0.103. The molecule has 3 aliphatic heterocycles. The fourth-order valence-corrected chi connectivity index (χ4v) is 5.81. The number of urea groups is 1. The Bertz CT molecular complexity index is 749. The maximum absolute atomic E-state index is 13.0. The van der Waals surface area contributed by atoms with E-state index in [9.17, 15) is 9.59 Å². The van der Waals surface area contributed by atoms with Gasteiger partial charge in [-0.15, -0.1) is 11.3 Å². The maximum Gasteiger partial charge on any atom is 0.320 e. The second-order valence-electron chi connectivity index (χ2n) is 9.88. The lowest BCUT2D eigenvalue weighted by molar-refractivity contribution is -0.140. The van der Waals surface area contributed by atoms with Gasteiger partial charge in [-0.2, -0.15) is 0 Å². The molecule has 3 saturated heterocycles. The summed E-state index contributed by atoms with van der Waals surface area (Å²) in [5, 5.41) is 3.42. The zero-order chi connectivity index (χ0) is 20.6. The molecule has 0 aliphatic carbocycles. The van der Waals surface area contributed by atoms with Gasteiger partial charge in [-0.3, -0.25) is 4.79 Å². The highest BCUT2D eigenvalue weighted by Gasteiger charge is 2.38. The molecule has 7 heteroatoms. The number of aromatic nitrogens is 1. The van der Waals surface area contributed by atoms with E-state index in [1.54, 1.807) is 11.3 Å². The van der Waals surface area contributed by atoms with Crippen LogP contribution < -0.4 is 0 Å². The minimum atomic E-state index is 0.103. The lowest BCUT2D eigenvalue weighted by Crippen LogP contribution is -2.54. The molecule has 0 bridgehead atoms. The number of likely N-dealkylation sites (tertiary alicyclic amines) is 2. The third kappa shape index (κ3) is 4.82. The van der Waals surface area contributed by atoms with Crippen molar-refractivity contribution < 1.29 is 14.3 Å². The van der Waals surface area contributed by atoms with Gasteiger partial charge in [0.05, 0.1) is 16.8 Å². The van der Waals surface area contributed by atoms with Gasteiger partial charge >= 0.3 is 6.03 Å². The Labute approximate surface area is 177 Å². The number of amides is 2. The standard InChI is InChI=1S/C22H33N3O3S/c1-22(2,3)19-14-29-20(23-19)10-15-4-7-24(8-5-15)21(27)25-9-6-18-16(12-25)11-17(26)13-28-18/h14-16,18H,4-13H2,1-3H3/t16-,18+/m0/s1. The molecule has 1 aromatic heterocycles. The van der Waals surface area contributed by atoms with Crippen LogP contribution in [0.5, 0.6) is 0 Å². The molecule has 0 radical (unpaired) electrons. The van der Waals surface area contributed by atoms with E-state index < -0.39 is 0 Å². The molecule has 4 rings (SSSR count). The van der Waals surface area contributed by atoms with E-state index in [1.807, 2.05) is 9.80 Å². The summed E-state index contributed by atoms with van der Waals surface area (Å²) in [6, 6.07) is 0.143. The Morgan fingerprint density at radius 3 is 2.62 bits per heavy atom. The average Bonchev–Trinajstić information content (AvgIpc) is 3.16. The molecular weight excluding hydrogens is 386 g/mol. The number of carbonyl (C=O) groups is 2. The van der Waals surface area contributed by atoms with Gasteiger partial charge in [0.2, 0.25) is 0 Å². The lowest BCUT2D eigenvalue weighted by Gasteiger charge is -2.43. The van der Waals surface area contributed by atoms with Crippen molar-refractivity contribution in [1.29, 1.82) is 0 Å². The molecular formula is C22H33N3O3S. The first-order valence-electron chi connectivity index (χ1n) is 10.9. The summed E-state index contributed by atoms with van der Waals surface area (Å²) in [4.78, 5) is 33.5. The van der Waals surface area contributed by atoms with E-state index >= 15 is 0 Å². The zero-order valence-electron chi connectivity index (χ0n) is 17.9. The highest BCUT2D eigenvalue weighted by molar-refractivity contribution is 7.09. The van der Waals surface area contributed by atoms with Gasteiger partial charge in [-0.25, -0.2) is 9.78 Å². The molecule has 0 unspecified atom stereocenters. The number of thiazole rings is 1. The highest BCUT2D eigenvalue weighted by atomic mass is 32.1. The number of rotatable bonds is 2. The van der Waals surface area contributed by atoms with Crippen LogP contribution in [0.3, 0.4) is 0 Å². The van der Waals surface area contributed by atoms with Crippen LogP contribution in [0.1, 0.15) is 57.2 Å². The first kappa shape index (κ1) is 20.8. The fourth-order valence-electron chi connectivity index (χ4n) is 4.68. The van der Waals surface area contributed by atoms with E-state index in [1.165, 1.54) is 10.7 Å². The number of hydrogen-bond donors (Lipinski definition) is 0. The van der Waals surface area contributed by atoms with Gasteiger partial charge in [0.25, 0.3) is 0 Å². The van der Waals surface area contributed by atoms with Gasteiger partial charge < -0.3 is 14.5 Å². The number of fused-ring (bicyclic) bond motifs is 1. The first-order valence-corrected chi connectivity index (χ1v) is 11.8. The molecule has 0 spiro atoms. The van der Waals surface area contributed by atoms with Crippen LogP contribution in [0.2, 0.25) is 0 Å². The number of nitrogens with zero attached hydrogens (tertiary/aromatic N) is 3. The van der Waals surface area contributed by atoms with E-state index in [0.29, 0.717) is 18.9 Å². The molecule has 4 heterocycles. The SMILES string of the molecule is CC(C)(C)c1csc(CC2CCN(C(=O)N3CC[C@H]4OCC(=O)C[C@H]4C3)CC2)n1. The number of hydrogen-bond acceptors (Lipinski definition) is 5. The van der Waals surface area contributed by atoms with Crippen molar-refractivity contribution >= 4 is 23.2 Å². The summed E-state index contributed by atoms with van der Waals surface area (Å²) in [5.41, 5.74) is 1.28. The third-order valence-electron chi connectivity index (χ3n) is 6.55. The Balaban J connectivity index is 1.26. The molecule has 3 fully saturated rings. The lowest BCUT2D eigenvalue weighted by atomic mass is 9.88. The Morgan fingerprint density at radius 1 is 1.21 bits per heavy atom. The third-order valence-corrected chi connectivity index (χ3v) is 7.42. The number of Topliss-reactive ketones (excluding diaryl/α,β-unsaturated/α-hetero) is 1. The molecule has 6 nitrogen and oxygen atoms in total. The van der Waals surface area contributed by atoms with Crippen LogP contribution in [-0.2, 0) is 21.4 Å². The van der Waals surface area contributed by atoms with Crippen molar-refractivity contribution in [3.8, 4) is 0 Å². The van der Waals surface area contributed by atoms with E-state index in [4.69, 9.17) is 9.72 Å². The molecule has 1 aromatic rings. The number of ketones is 1. The van der Waals surface area contributed by atoms with Crippen LogP contribution in [-0.4, -0.2) is 65.5 Å². The average molecular weight is 420 g/mol. The van der Waals surface area contributed by atoms with E-state index in [2.05, 4.69) is 26.2 Å². The maximum atomic E-state index is 13.0. The quantitative estimate of drug-likeness (QED) is 0.736. The van der Waals surface area contributed by atoms with Gasteiger partial charge in [0.15, 0.2) is 5.78 Å². The molecule has 0 aromatic carbocycles. The Morgan fingerprint density at radius 2 is 1.93 bits per heavy atom. The van der Waals surface area contributed by atoms with Crippen molar-refractivity contribution in [1.82, 2.24) is 14.8 Å². The summed E-state index contributed by atoms with van der Waals surface area (Å²) >= 11 is 1.77. The number of piperidine rings is 2. The molecule has 0 saturated carbocycles. The van der Waals surface area contributed by atoms with Gasteiger partial charge in [-0.05, 0) is 25.2 Å². The van der Waals surface area contributed by atoms with Gasteiger partial charge in [0, 0.05) is 55.7 Å². The van der Waals surface area contributed by atoms with Crippen LogP contribution >= 0.6 is 11.3 Å². The molecule has 29 heavy (non-hydrogen) atoms. The number of ether oxygens (including phenoxy) is 1. The highest BCUT2D eigenvalue weighted by Crippen LogP contribution is 2.30. The summed E-state index contributed by atoms with van der Waals surface area (Å²) < 4.78 is 5.65. The van der Waals surface area contributed by atoms with Crippen LogP contribution in [0, 0.1) is 11.8 Å². The second kappa shape index (κ2) is 8.34.